The molecular weight excluding hydrogens is 424 g/mol. The van der Waals surface area contributed by atoms with Crippen LogP contribution in [0.3, 0.4) is 0 Å². The van der Waals surface area contributed by atoms with E-state index in [9.17, 15) is 18.9 Å². The predicted octanol–water partition coefficient (Wildman–Crippen LogP) is 5.23. The van der Waals surface area contributed by atoms with Crippen LogP contribution in [0.1, 0.15) is 18.6 Å². The summed E-state index contributed by atoms with van der Waals surface area (Å²) in [6, 6.07) is 6.63. The van der Waals surface area contributed by atoms with Gasteiger partial charge in [-0.3, -0.25) is 4.98 Å². The molecule has 0 N–H and O–H groups in total. The van der Waals surface area contributed by atoms with Crippen LogP contribution in [-0.4, -0.2) is 14.9 Å². The normalized spacial score (nSPS) is 11.9. The molecule has 0 aliphatic rings. The highest BCUT2D eigenvalue weighted by Crippen LogP contribution is 2.35. The summed E-state index contributed by atoms with van der Waals surface area (Å²) in [5, 5.41) is 11.2. The second-order valence-electron chi connectivity index (χ2n) is 5.62. The first-order valence-corrected chi connectivity index (χ1v) is 8.51. The van der Waals surface area contributed by atoms with E-state index in [1.807, 2.05) is 0 Å². The van der Waals surface area contributed by atoms with Crippen LogP contribution in [0.2, 0.25) is 0 Å². The van der Waals surface area contributed by atoms with Gasteiger partial charge in [0.05, 0.1) is 10.7 Å². The molecule has 0 fully saturated rings. The van der Waals surface area contributed by atoms with Crippen LogP contribution >= 0.6 is 15.9 Å². The third-order valence-electron chi connectivity index (χ3n) is 3.74. The summed E-state index contributed by atoms with van der Waals surface area (Å²) >= 11 is 3.19. The zero-order valence-electron chi connectivity index (χ0n) is 13.9. The lowest BCUT2D eigenvalue weighted by atomic mass is 9.97. The molecule has 2 aromatic heterocycles. The Balaban J connectivity index is 2.03. The molecule has 1 aromatic carbocycles. The fourth-order valence-electron chi connectivity index (χ4n) is 2.58. The van der Waals surface area contributed by atoms with Gasteiger partial charge < -0.3 is 14.9 Å². The Bertz CT molecular complexity index is 1020. The van der Waals surface area contributed by atoms with Crippen molar-refractivity contribution in [1.29, 1.82) is 0 Å². The Labute approximate surface area is 161 Å². The van der Waals surface area contributed by atoms with Gasteiger partial charge in [0, 0.05) is 23.4 Å². The first kappa shape index (κ1) is 18.8. The molecule has 1 atom stereocenters. The molecule has 27 heavy (non-hydrogen) atoms. The summed E-state index contributed by atoms with van der Waals surface area (Å²) in [5.74, 6) is -1.59. The molecule has 0 aliphatic carbocycles. The SMILES string of the molecule is CC(Oc1cc(Br)cnc1[N+](=O)[O-])c1cc(F)ccc1-c1cncc(F)c1. The molecule has 0 aliphatic heterocycles. The van der Waals surface area contributed by atoms with Gasteiger partial charge in [-0.2, -0.15) is 0 Å². The van der Waals surface area contributed by atoms with Crippen molar-refractivity contribution in [3.8, 4) is 16.9 Å². The van der Waals surface area contributed by atoms with Gasteiger partial charge in [0.2, 0.25) is 5.75 Å². The van der Waals surface area contributed by atoms with Crippen LogP contribution in [0.4, 0.5) is 14.6 Å². The first-order chi connectivity index (χ1) is 12.8. The van der Waals surface area contributed by atoms with Crippen molar-refractivity contribution in [3.63, 3.8) is 0 Å². The minimum absolute atomic E-state index is 0.0746. The largest absolute Gasteiger partial charge is 0.478 e. The summed E-state index contributed by atoms with van der Waals surface area (Å²) in [6.07, 6.45) is 2.99. The lowest BCUT2D eigenvalue weighted by Gasteiger charge is -2.18. The van der Waals surface area contributed by atoms with Gasteiger partial charge in [-0.05, 0) is 56.5 Å². The van der Waals surface area contributed by atoms with Crippen molar-refractivity contribution in [2.75, 3.05) is 0 Å². The lowest BCUT2D eigenvalue weighted by Crippen LogP contribution is -2.08. The smallest absolute Gasteiger partial charge is 0.406 e. The standard InChI is InChI=1S/C18H12BrF2N3O3/c1-10(27-17-5-12(19)8-23-18(17)24(25)26)16-6-13(20)2-3-15(16)11-4-14(21)9-22-7-11/h2-10H,1H3. The molecule has 0 spiro atoms. The van der Waals surface area contributed by atoms with Gasteiger partial charge in [-0.25, -0.2) is 8.78 Å². The number of rotatable bonds is 5. The number of nitrogens with zero attached hydrogens (tertiary/aromatic N) is 3. The summed E-state index contributed by atoms with van der Waals surface area (Å²) in [5.41, 5.74) is 1.32. The van der Waals surface area contributed by atoms with Crippen molar-refractivity contribution >= 4 is 21.7 Å². The van der Waals surface area contributed by atoms with Gasteiger partial charge in [0.15, 0.2) is 6.20 Å². The highest BCUT2D eigenvalue weighted by Gasteiger charge is 2.22. The van der Waals surface area contributed by atoms with Crippen molar-refractivity contribution in [2.45, 2.75) is 13.0 Å². The van der Waals surface area contributed by atoms with Crippen molar-refractivity contribution in [2.24, 2.45) is 0 Å². The van der Waals surface area contributed by atoms with Crippen LogP contribution < -0.4 is 4.74 Å². The first-order valence-electron chi connectivity index (χ1n) is 7.72. The lowest BCUT2D eigenvalue weighted by molar-refractivity contribution is -0.390. The molecule has 0 radical (unpaired) electrons. The molecule has 0 bridgehead atoms. The van der Waals surface area contributed by atoms with E-state index in [1.54, 1.807) is 6.92 Å². The van der Waals surface area contributed by atoms with Gasteiger partial charge in [0.1, 0.15) is 17.7 Å². The topological polar surface area (TPSA) is 78.2 Å². The summed E-state index contributed by atoms with van der Waals surface area (Å²) in [6.45, 7) is 1.61. The van der Waals surface area contributed by atoms with Gasteiger partial charge in [0.25, 0.3) is 0 Å². The Morgan fingerprint density at radius 3 is 2.63 bits per heavy atom. The molecule has 0 amide bonds. The molecule has 3 rings (SSSR count). The number of nitro groups is 1. The summed E-state index contributed by atoms with van der Waals surface area (Å²) < 4.78 is 33.6. The van der Waals surface area contributed by atoms with Crippen LogP contribution in [0.25, 0.3) is 11.1 Å². The van der Waals surface area contributed by atoms with Gasteiger partial charge in [-0.1, -0.05) is 6.07 Å². The maximum Gasteiger partial charge on any atom is 0.406 e. The van der Waals surface area contributed by atoms with Crippen LogP contribution in [0.5, 0.6) is 5.75 Å². The fraction of sp³-hybridized carbons (Fsp3) is 0.111. The number of halogens is 3. The minimum atomic E-state index is -0.784. The molecule has 1 unspecified atom stereocenters. The van der Waals surface area contributed by atoms with E-state index in [4.69, 9.17) is 4.74 Å². The number of ether oxygens (including phenoxy) is 1. The molecule has 6 nitrogen and oxygen atoms in total. The highest BCUT2D eigenvalue weighted by molar-refractivity contribution is 9.10. The average molecular weight is 436 g/mol. The Hall–Kier alpha value is -2.94. The van der Waals surface area contributed by atoms with Crippen LogP contribution in [0, 0.1) is 21.7 Å². The predicted molar refractivity (Wildman–Crippen MR) is 97.2 cm³/mol. The van der Waals surface area contributed by atoms with Crippen molar-refractivity contribution in [1.82, 2.24) is 9.97 Å². The number of aromatic nitrogens is 2. The van der Waals surface area contributed by atoms with E-state index in [2.05, 4.69) is 25.9 Å². The van der Waals surface area contributed by atoms with Crippen molar-refractivity contribution < 1.29 is 18.4 Å². The third kappa shape index (κ3) is 4.25. The second kappa shape index (κ2) is 7.75. The molecule has 3 aromatic rings. The summed E-state index contributed by atoms with van der Waals surface area (Å²) in [7, 11) is 0. The quantitative estimate of drug-likeness (QED) is 0.404. The molecule has 0 saturated carbocycles. The second-order valence-corrected chi connectivity index (χ2v) is 6.53. The Morgan fingerprint density at radius 1 is 1.15 bits per heavy atom. The zero-order chi connectivity index (χ0) is 19.6. The molecule has 0 saturated heterocycles. The number of pyridine rings is 2. The molecule has 9 heteroatoms. The minimum Gasteiger partial charge on any atom is -0.478 e. The van der Waals surface area contributed by atoms with E-state index in [0.717, 1.165) is 6.20 Å². The Morgan fingerprint density at radius 2 is 1.93 bits per heavy atom. The summed E-state index contributed by atoms with van der Waals surface area (Å²) in [4.78, 5) is 18.0. The molecular formula is C18H12BrF2N3O3. The maximum atomic E-state index is 13.8. The highest BCUT2D eigenvalue weighted by atomic mass is 79.9. The van der Waals surface area contributed by atoms with Gasteiger partial charge >= 0.3 is 5.82 Å². The van der Waals surface area contributed by atoms with E-state index >= 15 is 0 Å². The van der Waals surface area contributed by atoms with Crippen LogP contribution in [0.15, 0.2) is 53.4 Å². The van der Waals surface area contributed by atoms with Crippen LogP contribution in [-0.2, 0) is 0 Å². The monoisotopic (exact) mass is 435 g/mol. The van der Waals surface area contributed by atoms with E-state index in [1.165, 1.54) is 42.7 Å². The average Bonchev–Trinajstić information content (AvgIpc) is 2.61. The molecule has 2 heterocycles. The zero-order valence-corrected chi connectivity index (χ0v) is 15.5. The van der Waals surface area contributed by atoms with Gasteiger partial charge in [-0.15, -0.1) is 0 Å². The number of hydrogen-bond acceptors (Lipinski definition) is 5. The molecule has 138 valence electrons. The number of benzene rings is 1. The number of hydrogen-bond donors (Lipinski definition) is 0. The fourth-order valence-corrected chi connectivity index (χ4v) is 2.89. The third-order valence-corrected chi connectivity index (χ3v) is 4.18. The maximum absolute atomic E-state index is 13.8. The van der Waals surface area contributed by atoms with E-state index in [0.29, 0.717) is 21.2 Å². The Kier molecular flexibility index (Phi) is 5.41. The van der Waals surface area contributed by atoms with E-state index < -0.39 is 28.5 Å². The van der Waals surface area contributed by atoms with Crippen molar-refractivity contribution in [3.05, 3.63) is 80.7 Å². The van der Waals surface area contributed by atoms with E-state index in [-0.39, 0.29) is 5.75 Å².